The number of amidine groups is 1. The summed E-state index contributed by atoms with van der Waals surface area (Å²) in [5.41, 5.74) is 1.70. The minimum absolute atomic E-state index is 0.0114. The standard InChI is InChI=1S/C13H12ClF2N3O3/c14-8-2-1-6(19(21)22)3-7(8)13(11(15)16)12(4-9(12)20)5-10(17)18-13/h1-3,9,11,20H,4-5H2,(H2,17,18)/t9-,12+,13+/m1/s1. The van der Waals surface area contributed by atoms with Crippen molar-refractivity contribution >= 4 is 23.1 Å². The second-order valence-corrected chi connectivity index (χ2v) is 6.05. The fourth-order valence-electron chi connectivity index (χ4n) is 3.35. The quantitative estimate of drug-likeness (QED) is 0.655. The predicted molar refractivity (Wildman–Crippen MR) is 75.1 cm³/mol. The van der Waals surface area contributed by atoms with Crippen LogP contribution in [0, 0.1) is 15.5 Å². The number of rotatable bonds is 3. The monoisotopic (exact) mass is 331 g/mol. The molecule has 0 radical (unpaired) electrons. The van der Waals surface area contributed by atoms with Gasteiger partial charge in [-0.15, -0.1) is 0 Å². The highest BCUT2D eigenvalue weighted by atomic mass is 35.5. The zero-order chi connectivity index (χ0) is 16.3. The molecule has 2 aliphatic rings. The SMILES string of the molecule is NC1=N[C@@](c2cc([N+](=O)[O-])ccc2Cl)(C(F)F)[C@]2(C1)C[C@H]2O. The number of nitro groups is 1. The summed E-state index contributed by atoms with van der Waals surface area (Å²) in [4.78, 5) is 14.1. The van der Waals surface area contributed by atoms with E-state index in [1.54, 1.807) is 0 Å². The number of non-ortho nitro benzene ring substituents is 1. The normalized spacial score (nSPS) is 33.3. The lowest BCUT2D eigenvalue weighted by atomic mass is 9.75. The molecule has 9 heteroatoms. The maximum atomic E-state index is 14.0. The third-order valence-electron chi connectivity index (χ3n) is 4.50. The smallest absolute Gasteiger partial charge is 0.269 e. The van der Waals surface area contributed by atoms with E-state index in [0.717, 1.165) is 12.1 Å². The van der Waals surface area contributed by atoms with Gasteiger partial charge >= 0.3 is 0 Å². The molecule has 0 saturated heterocycles. The molecular weight excluding hydrogens is 320 g/mol. The topological polar surface area (TPSA) is 102 Å². The molecule has 1 aliphatic heterocycles. The Hall–Kier alpha value is -1.80. The van der Waals surface area contributed by atoms with Crippen LogP contribution in [0.4, 0.5) is 14.5 Å². The van der Waals surface area contributed by atoms with E-state index in [4.69, 9.17) is 17.3 Å². The first kappa shape index (κ1) is 15.1. The summed E-state index contributed by atoms with van der Waals surface area (Å²) in [6, 6.07) is 3.30. The molecule has 1 fully saturated rings. The van der Waals surface area contributed by atoms with Gasteiger partial charge in [0.2, 0.25) is 0 Å². The van der Waals surface area contributed by atoms with E-state index in [0.29, 0.717) is 0 Å². The Kier molecular flexibility index (Phi) is 3.16. The van der Waals surface area contributed by atoms with Crippen LogP contribution >= 0.6 is 11.6 Å². The van der Waals surface area contributed by atoms with E-state index in [-0.39, 0.29) is 35.0 Å². The highest BCUT2D eigenvalue weighted by molar-refractivity contribution is 6.31. The Morgan fingerprint density at radius 2 is 2.18 bits per heavy atom. The lowest BCUT2D eigenvalue weighted by molar-refractivity contribution is -0.385. The van der Waals surface area contributed by atoms with Crippen LogP contribution in [0.2, 0.25) is 5.02 Å². The number of aliphatic hydroxyl groups excluding tert-OH is 1. The molecule has 0 amide bonds. The van der Waals surface area contributed by atoms with Crippen LogP contribution in [-0.4, -0.2) is 28.4 Å². The minimum Gasteiger partial charge on any atom is -0.392 e. The maximum absolute atomic E-state index is 14.0. The lowest BCUT2D eigenvalue weighted by Crippen LogP contribution is -2.41. The molecule has 0 aromatic heterocycles. The fourth-order valence-corrected chi connectivity index (χ4v) is 3.61. The number of nitro benzene ring substituents is 1. The predicted octanol–water partition coefficient (Wildman–Crippen LogP) is 2.22. The van der Waals surface area contributed by atoms with Crippen molar-refractivity contribution in [1.29, 1.82) is 0 Å². The van der Waals surface area contributed by atoms with Gasteiger partial charge in [0.25, 0.3) is 12.1 Å². The van der Waals surface area contributed by atoms with Gasteiger partial charge in [-0.3, -0.25) is 15.1 Å². The van der Waals surface area contributed by atoms with E-state index in [1.165, 1.54) is 6.07 Å². The molecule has 3 N–H and O–H groups in total. The molecule has 1 aromatic carbocycles. The molecule has 0 unspecified atom stereocenters. The third-order valence-corrected chi connectivity index (χ3v) is 4.83. The summed E-state index contributed by atoms with van der Waals surface area (Å²) in [7, 11) is 0. The van der Waals surface area contributed by atoms with Crippen molar-refractivity contribution in [2.75, 3.05) is 0 Å². The van der Waals surface area contributed by atoms with Crippen molar-refractivity contribution in [2.24, 2.45) is 16.1 Å². The average Bonchev–Trinajstić information content (AvgIpc) is 2.95. The number of hydrogen-bond donors (Lipinski definition) is 2. The van der Waals surface area contributed by atoms with Crippen LogP contribution in [0.5, 0.6) is 0 Å². The van der Waals surface area contributed by atoms with Crippen molar-refractivity contribution < 1.29 is 18.8 Å². The van der Waals surface area contributed by atoms with E-state index in [2.05, 4.69) is 4.99 Å². The number of nitrogens with zero attached hydrogens (tertiary/aromatic N) is 2. The summed E-state index contributed by atoms with van der Waals surface area (Å²) in [5, 5.41) is 20.8. The van der Waals surface area contributed by atoms with E-state index >= 15 is 0 Å². The summed E-state index contributed by atoms with van der Waals surface area (Å²) < 4.78 is 27.9. The number of nitrogens with two attached hydrogens (primary N) is 1. The highest BCUT2D eigenvalue weighted by Gasteiger charge is 2.74. The van der Waals surface area contributed by atoms with Crippen molar-refractivity contribution in [1.82, 2.24) is 0 Å². The largest absolute Gasteiger partial charge is 0.392 e. The molecule has 6 nitrogen and oxygen atoms in total. The number of hydrogen-bond acceptors (Lipinski definition) is 5. The van der Waals surface area contributed by atoms with Crippen LogP contribution in [0.15, 0.2) is 23.2 Å². The first-order valence-electron chi connectivity index (χ1n) is 6.49. The molecule has 1 heterocycles. The Bertz CT molecular complexity index is 699. The van der Waals surface area contributed by atoms with Crippen LogP contribution < -0.4 is 5.73 Å². The Labute approximate surface area is 128 Å². The Morgan fingerprint density at radius 3 is 2.68 bits per heavy atom. The molecule has 0 bridgehead atoms. The molecule has 1 aliphatic carbocycles. The minimum atomic E-state index is -3.01. The fraction of sp³-hybridized carbons (Fsp3) is 0.462. The third kappa shape index (κ3) is 1.77. The van der Waals surface area contributed by atoms with Gasteiger partial charge in [-0.2, -0.15) is 0 Å². The first-order valence-corrected chi connectivity index (χ1v) is 6.87. The second-order valence-electron chi connectivity index (χ2n) is 5.64. The van der Waals surface area contributed by atoms with E-state index in [1.807, 2.05) is 0 Å². The van der Waals surface area contributed by atoms with Crippen molar-refractivity contribution in [2.45, 2.75) is 30.9 Å². The van der Waals surface area contributed by atoms with Crippen LogP contribution in [0.3, 0.4) is 0 Å². The zero-order valence-corrected chi connectivity index (χ0v) is 11.9. The lowest BCUT2D eigenvalue weighted by Gasteiger charge is -2.33. The number of alkyl halides is 2. The van der Waals surface area contributed by atoms with Crippen LogP contribution in [0.1, 0.15) is 18.4 Å². The molecule has 22 heavy (non-hydrogen) atoms. The Balaban J connectivity index is 2.26. The van der Waals surface area contributed by atoms with Gasteiger partial charge in [0.05, 0.1) is 16.9 Å². The van der Waals surface area contributed by atoms with Gasteiger partial charge in [0, 0.05) is 34.6 Å². The zero-order valence-electron chi connectivity index (χ0n) is 11.2. The maximum Gasteiger partial charge on any atom is 0.269 e. The summed E-state index contributed by atoms with van der Waals surface area (Å²) in [5.74, 6) is -0.0144. The van der Waals surface area contributed by atoms with Crippen LogP contribution in [-0.2, 0) is 5.54 Å². The molecule has 118 valence electrons. The van der Waals surface area contributed by atoms with Gasteiger partial charge in [0.15, 0.2) is 5.54 Å². The van der Waals surface area contributed by atoms with Gasteiger partial charge in [-0.25, -0.2) is 8.78 Å². The van der Waals surface area contributed by atoms with Crippen molar-refractivity contribution in [3.05, 3.63) is 38.9 Å². The average molecular weight is 332 g/mol. The second kappa shape index (κ2) is 4.60. The number of benzene rings is 1. The summed E-state index contributed by atoms with van der Waals surface area (Å²) >= 11 is 6.02. The van der Waals surface area contributed by atoms with Gasteiger partial charge < -0.3 is 10.8 Å². The number of aliphatic hydroxyl groups is 1. The van der Waals surface area contributed by atoms with E-state index in [9.17, 15) is 24.0 Å². The van der Waals surface area contributed by atoms with Gasteiger partial charge in [0.1, 0.15) is 0 Å². The van der Waals surface area contributed by atoms with E-state index < -0.39 is 28.4 Å². The number of aliphatic imine (C=N–C) groups is 1. The molecule has 1 saturated carbocycles. The number of halogens is 3. The molecular formula is C13H12ClF2N3O3. The molecule has 3 atom stereocenters. The van der Waals surface area contributed by atoms with Crippen LogP contribution in [0.25, 0.3) is 0 Å². The first-order chi connectivity index (χ1) is 10.2. The molecule has 1 aromatic rings. The summed E-state index contributed by atoms with van der Waals surface area (Å²) in [6.45, 7) is 0. The Morgan fingerprint density at radius 1 is 1.55 bits per heavy atom. The summed E-state index contributed by atoms with van der Waals surface area (Å²) in [6.07, 6.45) is -3.90. The molecule has 3 rings (SSSR count). The van der Waals surface area contributed by atoms with Crippen molar-refractivity contribution in [3.63, 3.8) is 0 Å². The van der Waals surface area contributed by atoms with Crippen molar-refractivity contribution in [3.8, 4) is 0 Å². The molecule has 1 spiro atoms. The highest BCUT2D eigenvalue weighted by Crippen LogP contribution is 2.68. The van der Waals surface area contributed by atoms with Gasteiger partial charge in [-0.05, 0) is 12.5 Å². The van der Waals surface area contributed by atoms with Gasteiger partial charge in [-0.1, -0.05) is 11.6 Å².